The van der Waals surface area contributed by atoms with E-state index in [1.807, 2.05) is 38.1 Å². The molecule has 0 aliphatic rings. The van der Waals surface area contributed by atoms with Gasteiger partial charge in [-0.25, -0.2) is 0 Å². The number of carboxylic acids is 1. The smallest absolute Gasteiger partial charge is 0.303 e. The van der Waals surface area contributed by atoms with Crippen LogP contribution in [-0.4, -0.2) is 29.6 Å². The molecule has 104 valence electrons. The summed E-state index contributed by atoms with van der Waals surface area (Å²) in [4.78, 5) is 21.7. The second-order valence-electron chi connectivity index (χ2n) is 4.49. The van der Waals surface area contributed by atoms with E-state index < -0.39 is 5.97 Å². The van der Waals surface area contributed by atoms with Gasteiger partial charge in [-0.15, -0.1) is 0 Å². The van der Waals surface area contributed by atoms with Crippen molar-refractivity contribution in [2.75, 3.05) is 6.61 Å². The molecule has 0 spiro atoms. The van der Waals surface area contributed by atoms with Crippen molar-refractivity contribution in [1.82, 2.24) is 5.32 Å². The minimum atomic E-state index is -0.973. The van der Waals surface area contributed by atoms with E-state index in [4.69, 9.17) is 9.84 Å². The van der Waals surface area contributed by atoms with Gasteiger partial charge in [0.05, 0.1) is 12.5 Å². The molecule has 19 heavy (non-hydrogen) atoms. The van der Waals surface area contributed by atoms with E-state index in [2.05, 4.69) is 5.32 Å². The van der Waals surface area contributed by atoms with Crippen LogP contribution in [0.15, 0.2) is 24.3 Å². The summed E-state index contributed by atoms with van der Waals surface area (Å²) >= 11 is 0. The number of amides is 1. The van der Waals surface area contributed by atoms with E-state index in [1.165, 1.54) is 0 Å². The summed E-state index contributed by atoms with van der Waals surface area (Å²) in [7, 11) is 0. The average molecular weight is 265 g/mol. The fourth-order valence-corrected chi connectivity index (χ4v) is 1.46. The Balaban J connectivity index is 2.27. The molecule has 1 amide bonds. The number of rotatable bonds is 7. The van der Waals surface area contributed by atoms with Crippen molar-refractivity contribution in [3.63, 3.8) is 0 Å². The van der Waals surface area contributed by atoms with Gasteiger partial charge in [-0.3, -0.25) is 9.59 Å². The number of aryl methyl sites for hydroxylation is 1. The van der Waals surface area contributed by atoms with Crippen molar-refractivity contribution >= 4 is 11.9 Å². The molecule has 0 aliphatic carbocycles. The van der Waals surface area contributed by atoms with Gasteiger partial charge in [-0.1, -0.05) is 17.7 Å². The Morgan fingerprint density at radius 1 is 1.26 bits per heavy atom. The maximum atomic E-state index is 11.4. The van der Waals surface area contributed by atoms with Crippen LogP contribution >= 0.6 is 0 Å². The van der Waals surface area contributed by atoms with Gasteiger partial charge in [-0.2, -0.15) is 0 Å². The quantitative estimate of drug-likeness (QED) is 0.787. The summed E-state index contributed by atoms with van der Waals surface area (Å²) in [6.45, 7) is 4.16. The van der Waals surface area contributed by atoms with Crippen molar-refractivity contribution in [2.24, 2.45) is 0 Å². The van der Waals surface area contributed by atoms with Crippen LogP contribution in [0.1, 0.15) is 25.3 Å². The normalized spacial score (nSPS) is 11.7. The number of hydrogen-bond acceptors (Lipinski definition) is 3. The fourth-order valence-electron chi connectivity index (χ4n) is 1.46. The van der Waals surface area contributed by atoms with E-state index in [9.17, 15) is 9.59 Å². The molecule has 0 saturated carbocycles. The number of ether oxygens (including phenoxy) is 1. The fraction of sp³-hybridized carbons (Fsp3) is 0.429. The van der Waals surface area contributed by atoms with Crippen LogP contribution in [0.25, 0.3) is 0 Å². The van der Waals surface area contributed by atoms with E-state index in [-0.39, 0.29) is 24.8 Å². The van der Waals surface area contributed by atoms with E-state index >= 15 is 0 Å². The maximum Gasteiger partial charge on any atom is 0.303 e. The maximum absolute atomic E-state index is 11.4. The molecular formula is C14H19NO4. The monoisotopic (exact) mass is 265 g/mol. The lowest BCUT2D eigenvalue weighted by molar-refractivity contribution is -0.138. The third kappa shape index (κ3) is 6.45. The Bertz CT molecular complexity index is 428. The van der Waals surface area contributed by atoms with Crippen LogP contribution < -0.4 is 10.1 Å². The Morgan fingerprint density at radius 2 is 1.89 bits per heavy atom. The zero-order valence-electron chi connectivity index (χ0n) is 11.2. The van der Waals surface area contributed by atoms with Crippen molar-refractivity contribution in [2.45, 2.75) is 32.7 Å². The number of aliphatic carboxylic acids is 1. The van der Waals surface area contributed by atoms with Gasteiger partial charge < -0.3 is 15.2 Å². The molecule has 1 unspecified atom stereocenters. The van der Waals surface area contributed by atoms with Gasteiger partial charge in [0.25, 0.3) is 0 Å². The summed E-state index contributed by atoms with van der Waals surface area (Å²) in [5, 5.41) is 11.2. The molecule has 5 heteroatoms. The molecule has 0 bridgehead atoms. The molecule has 5 nitrogen and oxygen atoms in total. The van der Waals surface area contributed by atoms with Gasteiger partial charge >= 0.3 is 5.97 Å². The largest absolute Gasteiger partial charge is 0.491 e. The van der Waals surface area contributed by atoms with Gasteiger partial charge in [0.15, 0.2) is 0 Å². The Labute approximate surface area is 112 Å². The lowest BCUT2D eigenvalue weighted by Crippen LogP contribution is -2.36. The number of hydrogen-bond donors (Lipinski definition) is 2. The zero-order valence-corrected chi connectivity index (χ0v) is 11.2. The van der Waals surface area contributed by atoms with Crippen LogP contribution in [0.4, 0.5) is 0 Å². The Morgan fingerprint density at radius 3 is 2.47 bits per heavy atom. The molecule has 0 aromatic heterocycles. The first kappa shape index (κ1) is 15.0. The number of nitrogens with one attached hydrogen (secondary N) is 1. The highest BCUT2D eigenvalue weighted by Gasteiger charge is 2.09. The molecule has 1 aromatic carbocycles. The highest BCUT2D eigenvalue weighted by molar-refractivity contribution is 5.80. The summed E-state index contributed by atoms with van der Waals surface area (Å²) in [5.41, 5.74) is 1.15. The van der Waals surface area contributed by atoms with Gasteiger partial charge in [0.1, 0.15) is 12.4 Å². The van der Waals surface area contributed by atoms with E-state index in [0.717, 1.165) is 11.3 Å². The first-order valence-corrected chi connectivity index (χ1v) is 6.18. The summed E-state index contributed by atoms with van der Waals surface area (Å²) < 4.78 is 5.52. The molecule has 0 aliphatic heterocycles. The second kappa shape index (κ2) is 7.41. The molecule has 0 saturated heterocycles. The molecule has 0 heterocycles. The van der Waals surface area contributed by atoms with Crippen LogP contribution in [-0.2, 0) is 9.59 Å². The lowest BCUT2D eigenvalue weighted by Gasteiger charge is -2.14. The third-order valence-electron chi connectivity index (χ3n) is 2.49. The predicted molar refractivity (Wildman–Crippen MR) is 71.1 cm³/mol. The van der Waals surface area contributed by atoms with Crippen molar-refractivity contribution in [3.8, 4) is 5.75 Å². The number of carboxylic acid groups (broad SMARTS) is 1. The molecule has 1 aromatic rings. The second-order valence-corrected chi connectivity index (χ2v) is 4.49. The molecule has 2 N–H and O–H groups in total. The minimum absolute atomic E-state index is 0.00972. The minimum Gasteiger partial charge on any atom is -0.491 e. The number of carbonyl (C=O) groups is 2. The predicted octanol–water partition coefficient (Wildman–Crippen LogP) is 1.74. The van der Waals surface area contributed by atoms with Crippen LogP contribution in [0.5, 0.6) is 5.75 Å². The summed E-state index contributed by atoms with van der Waals surface area (Å²) in [6, 6.07) is 7.47. The summed E-state index contributed by atoms with van der Waals surface area (Å²) in [5.74, 6) is -0.502. The average Bonchev–Trinajstić information content (AvgIpc) is 2.36. The first-order chi connectivity index (χ1) is 8.97. The van der Waals surface area contributed by atoms with Crippen molar-refractivity contribution < 1.29 is 19.4 Å². The highest BCUT2D eigenvalue weighted by atomic mass is 16.5. The molecular weight excluding hydrogens is 246 g/mol. The number of carbonyl (C=O) groups excluding carboxylic acids is 1. The van der Waals surface area contributed by atoms with Crippen molar-refractivity contribution in [3.05, 3.63) is 29.8 Å². The lowest BCUT2D eigenvalue weighted by atomic mass is 10.2. The molecule has 0 fully saturated rings. The standard InChI is InChI=1S/C14H19NO4/c1-10-3-5-12(6-4-10)19-9-11(2)15-13(16)7-8-14(17)18/h3-6,11H,7-9H2,1-2H3,(H,15,16)(H,17,18). The molecule has 1 rings (SSSR count). The van der Waals surface area contributed by atoms with E-state index in [1.54, 1.807) is 0 Å². The van der Waals surface area contributed by atoms with Gasteiger partial charge in [0, 0.05) is 6.42 Å². The third-order valence-corrected chi connectivity index (χ3v) is 2.49. The van der Waals surface area contributed by atoms with Crippen LogP contribution in [0.3, 0.4) is 0 Å². The van der Waals surface area contributed by atoms with Crippen LogP contribution in [0, 0.1) is 6.92 Å². The summed E-state index contributed by atoms with van der Waals surface area (Å²) in [6.07, 6.45) is -0.165. The van der Waals surface area contributed by atoms with Crippen LogP contribution in [0.2, 0.25) is 0 Å². The highest BCUT2D eigenvalue weighted by Crippen LogP contribution is 2.11. The van der Waals surface area contributed by atoms with E-state index in [0.29, 0.717) is 6.61 Å². The SMILES string of the molecule is Cc1ccc(OCC(C)NC(=O)CCC(=O)O)cc1. The first-order valence-electron chi connectivity index (χ1n) is 6.18. The topological polar surface area (TPSA) is 75.6 Å². The molecule has 0 radical (unpaired) electrons. The van der Waals surface area contributed by atoms with Gasteiger partial charge in [0.2, 0.25) is 5.91 Å². The van der Waals surface area contributed by atoms with Crippen molar-refractivity contribution in [1.29, 1.82) is 0 Å². The number of benzene rings is 1. The zero-order chi connectivity index (χ0) is 14.3. The Hall–Kier alpha value is -2.04. The Kier molecular flexibility index (Phi) is 5.85. The molecule has 1 atom stereocenters. The van der Waals surface area contributed by atoms with Gasteiger partial charge in [-0.05, 0) is 26.0 Å².